The molecule has 0 amide bonds. The van der Waals surface area contributed by atoms with Crippen LogP contribution in [-0.2, 0) is 10.0 Å². The summed E-state index contributed by atoms with van der Waals surface area (Å²) in [6.45, 7) is 9.45. The second kappa shape index (κ2) is 9.33. The normalized spacial score (nSPS) is 12.7. The summed E-state index contributed by atoms with van der Waals surface area (Å²) in [6.07, 6.45) is 7.91. The quantitative estimate of drug-likeness (QED) is 0.552. The lowest BCUT2D eigenvalue weighted by molar-refractivity contribution is 0.592. The van der Waals surface area contributed by atoms with Gasteiger partial charge >= 0.3 is 0 Å². The molecular formula is C22H24FNO2S. The van der Waals surface area contributed by atoms with Gasteiger partial charge in [-0.25, -0.2) is 12.8 Å². The average Bonchev–Trinajstić information content (AvgIpc) is 2.64. The number of benzene rings is 2. The minimum atomic E-state index is -3.84. The molecule has 0 aliphatic heterocycles. The molecule has 2 aromatic rings. The first-order chi connectivity index (χ1) is 12.9. The van der Waals surface area contributed by atoms with Crippen LogP contribution < -0.4 is 4.31 Å². The molecule has 2 rings (SSSR count). The SMILES string of the molecule is C=CCC(C=C)/C=C/CN(c1cccc(F)c1)S(=O)(=O)c1ccc(C)cc1. The van der Waals surface area contributed by atoms with Gasteiger partial charge in [0.1, 0.15) is 5.82 Å². The first-order valence-corrected chi connectivity index (χ1v) is 10.1. The zero-order chi connectivity index (χ0) is 19.9. The number of anilines is 1. The van der Waals surface area contributed by atoms with E-state index < -0.39 is 15.8 Å². The van der Waals surface area contributed by atoms with Gasteiger partial charge in [-0.3, -0.25) is 4.31 Å². The molecule has 0 spiro atoms. The maximum atomic E-state index is 13.7. The minimum Gasteiger partial charge on any atom is -0.262 e. The highest BCUT2D eigenvalue weighted by Crippen LogP contribution is 2.25. The van der Waals surface area contributed by atoms with Crippen molar-refractivity contribution in [3.8, 4) is 0 Å². The number of rotatable bonds is 9. The zero-order valence-corrected chi connectivity index (χ0v) is 16.2. The van der Waals surface area contributed by atoms with Gasteiger partial charge in [-0.1, -0.05) is 48.1 Å². The van der Waals surface area contributed by atoms with Crippen LogP contribution in [0.1, 0.15) is 12.0 Å². The van der Waals surface area contributed by atoms with Gasteiger partial charge in [-0.2, -0.15) is 0 Å². The van der Waals surface area contributed by atoms with Crippen molar-refractivity contribution in [2.45, 2.75) is 18.2 Å². The summed E-state index contributed by atoms with van der Waals surface area (Å²) < 4.78 is 41.2. The van der Waals surface area contributed by atoms with Crippen molar-refractivity contribution >= 4 is 15.7 Å². The fourth-order valence-electron chi connectivity index (χ4n) is 2.59. The third-order valence-electron chi connectivity index (χ3n) is 4.10. The van der Waals surface area contributed by atoms with Crippen LogP contribution in [0.4, 0.5) is 10.1 Å². The van der Waals surface area contributed by atoms with Gasteiger partial charge in [0.05, 0.1) is 17.1 Å². The van der Waals surface area contributed by atoms with Crippen LogP contribution in [0.5, 0.6) is 0 Å². The number of hydrogen-bond donors (Lipinski definition) is 0. The highest BCUT2D eigenvalue weighted by molar-refractivity contribution is 7.92. The second-order valence-corrected chi connectivity index (χ2v) is 8.04. The molecule has 0 saturated heterocycles. The molecule has 2 aromatic carbocycles. The molecule has 0 aliphatic rings. The predicted molar refractivity (Wildman–Crippen MR) is 110 cm³/mol. The lowest BCUT2D eigenvalue weighted by Gasteiger charge is -2.23. The molecule has 0 aromatic heterocycles. The zero-order valence-electron chi connectivity index (χ0n) is 15.4. The molecule has 0 fully saturated rings. The van der Waals surface area contributed by atoms with Crippen molar-refractivity contribution in [1.82, 2.24) is 0 Å². The molecule has 27 heavy (non-hydrogen) atoms. The van der Waals surface area contributed by atoms with Gasteiger partial charge in [0.2, 0.25) is 0 Å². The van der Waals surface area contributed by atoms with Crippen LogP contribution in [0.3, 0.4) is 0 Å². The molecular weight excluding hydrogens is 361 g/mol. The summed E-state index contributed by atoms with van der Waals surface area (Å²) in [5, 5.41) is 0. The maximum absolute atomic E-state index is 13.7. The molecule has 3 nitrogen and oxygen atoms in total. The Morgan fingerprint density at radius 2 is 1.85 bits per heavy atom. The highest BCUT2D eigenvalue weighted by Gasteiger charge is 2.24. The Labute approximate surface area is 161 Å². The van der Waals surface area contributed by atoms with Gasteiger partial charge in [-0.15, -0.1) is 13.2 Å². The smallest absolute Gasteiger partial charge is 0.262 e. The Kier molecular flexibility index (Phi) is 7.13. The summed E-state index contributed by atoms with van der Waals surface area (Å²) in [5.74, 6) is -0.421. The van der Waals surface area contributed by atoms with E-state index in [1.807, 2.05) is 13.0 Å². The molecule has 0 radical (unpaired) electrons. The summed E-state index contributed by atoms with van der Waals surface area (Å²) in [6, 6.07) is 12.2. The first kappa shape index (κ1) is 20.6. The van der Waals surface area contributed by atoms with Crippen molar-refractivity contribution < 1.29 is 12.8 Å². The van der Waals surface area contributed by atoms with E-state index in [0.717, 1.165) is 5.56 Å². The van der Waals surface area contributed by atoms with Gasteiger partial charge < -0.3 is 0 Å². The molecule has 1 atom stereocenters. The van der Waals surface area contributed by atoms with Crippen molar-refractivity contribution in [2.75, 3.05) is 10.8 Å². The largest absolute Gasteiger partial charge is 0.264 e. The number of hydrogen-bond acceptors (Lipinski definition) is 2. The van der Waals surface area contributed by atoms with E-state index in [9.17, 15) is 12.8 Å². The Hall–Kier alpha value is -2.66. The molecule has 0 saturated carbocycles. The maximum Gasteiger partial charge on any atom is 0.264 e. The Balaban J connectivity index is 2.40. The molecule has 0 heterocycles. The minimum absolute atomic E-state index is 0.0685. The predicted octanol–water partition coefficient (Wildman–Crippen LogP) is 5.26. The van der Waals surface area contributed by atoms with Crippen molar-refractivity contribution in [3.05, 3.63) is 97.4 Å². The average molecular weight is 386 g/mol. The van der Waals surface area contributed by atoms with E-state index in [-0.39, 0.29) is 23.0 Å². The van der Waals surface area contributed by atoms with Gasteiger partial charge in [0.25, 0.3) is 10.0 Å². The third kappa shape index (κ3) is 5.41. The van der Waals surface area contributed by atoms with E-state index in [1.54, 1.807) is 48.6 Å². The van der Waals surface area contributed by atoms with Crippen molar-refractivity contribution in [3.63, 3.8) is 0 Å². The standard InChI is InChI=1S/C22H24FNO2S/c1-4-8-19(5-2)9-7-16-24(21-11-6-10-20(23)17-21)27(25,26)22-14-12-18(3)13-15-22/h4-7,9-15,17,19H,1-2,8,16H2,3H3/b9-7+. The van der Waals surface area contributed by atoms with Crippen LogP contribution in [0.2, 0.25) is 0 Å². The third-order valence-corrected chi connectivity index (χ3v) is 5.91. The molecule has 1 unspecified atom stereocenters. The van der Waals surface area contributed by atoms with Crippen LogP contribution in [-0.4, -0.2) is 15.0 Å². The summed E-state index contributed by atoms with van der Waals surface area (Å²) >= 11 is 0. The van der Waals surface area contributed by atoms with E-state index in [1.165, 1.54) is 22.5 Å². The van der Waals surface area contributed by atoms with Gasteiger partial charge in [-0.05, 0) is 49.6 Å². The first-order valence-electron chi connectivity index (χ1n) is 8.63. The Morgan fingerprint density at radius 3 is 2.44 bits per heavy atom. The van der Waals surface area contributed by atoms with E-state index in [2.05, 4.69) is 13.2 Å². The fraction of sp³-hybridized carbons (Fsp3) is 0.182. The number of nitrogens with zero attached hydrogens (tertiary/aromatic N) is 1. The number of aryl methyl sites for hydroxylation is 1. The van der Waals surface area contributed by atoms with E-state index >= 15 is 0 Å². The molecule has 142 valence electrons. The summed E-state index contributed by atoms with van der Waals surface area (Å²) in [5.41, 5.74) is 1.24. The molecule has 0 aliphatic carbocycles. The van der Waals surface area contributed by atoms with Crippen molar-refractivity contribution in [2.24, 2.45) is 5.92 Å². The van der Waals surface area contributed by atoms with Crippen LogP contribution in [0.15, 0.2) is 90.9 Å². The van der Waals surface area contributed by atoms with Crippen LogP contribution in [0.25, 0.3) is 0 Å². The fourth-order valence-corrected chi connectivity index (χ4v) is 4.00. The molecule has 0 N–H and O–H groups in total. The summed E-state index contributed by atoms with van der Waals surface area (Å²) in [4.78, 5) is 0.164. The van der Waals surface area contributed by atoms with Crippen molar-refractivity contribution in [1.29, 1.82) is 0 Å². The number of sulfonamides is 1. The van der Waals surface area contributed by atoms with Gasteiger partial charge in [0, 0.05) is 0 Å². The lowest BCUT2D eigenvalue weighted by atomic mass is 10.1. The second-order valence-electron chi connectivity index (χ2n) is 6.18. The van der Waals surface area contributed by atoms with Crippen LogP contribution >= 0.6 is 0 Å². The molecule has 5 heteroatoms. The Bertz CT molecular complexity index is 918. The van der Waals surface area contributed by atoms with Crippen LogP contribution in [0, 0.1) is 18.7 Å². The number of allylic oxidation sites excluding steroid dienone is 3. The molecule has 0 bridgehead atoms. The van der Waals surface area contributed by atoms with E-state index in [4.69, 9.17) is 0 Å². The lowest BCUT2D eigenvalue weighted by Crippen LogP contribution is -2.31. The Morgan fingerprint density at radius 1 is 1.15 bits per heavy atom. The van der Waals surface area contributed by atoms with Gasteiger partial charge in [0.15, 0.2) is 0 Å². The monoisotopic (exact) mass is 385 g/mol. The summed E-state index contributed by atoms with van der Waals surface area (Å²) in [7, 11) is -3.84. The number of halogens is 1. The highest BCUT2D eigenvalue weighted by atomic mass is 32.2. The topological polar surface area (TPSA) is 37.4 Å². The van der Waals surface area contributed by atoms with E-state index in [0.29, 0.717) is 6.42 Å².